The normalized spacial score (nSPS) is 13.1. The fourth-order valence-electron chi connectivity index (χ4n) is 6.52. The van der Waals surface area contributed by atoms with Crippen molar-refractivity contribution in [3.63, 3.8) is 0 Å². The maximum Gasteiger partial charge on any atom is 0.0737 e. The number of nitrogens with one attached hydrogen (secondary N) is 4. The van der Waals surface area contributed by atoms with Gasteiger partial charge in [-0.15, -0.1) is 0 Å². The van der Waals surface area contributed by atoms with Crippen LogP contribution >= 0.6 is 0 Å². The Balaban J connectivity index is 1.29. The van der Waals surface area contributed by atoms with Crippen LogP contribution in [0, 0.1) is 0 Å². The van der Waals surface area contributed by atoms with E-state index in [2.05, 4.69) is 98.8 Å². The molecule has 0 radical (unpaired) electrons. The van der Waals surface area contributed by atoms with Gasteiger partial charge in [-0.2, -0.15) is 0 Å². The van der Waals surface area contributed by atoms with Crippen LogP contribution < -0.4 is 0 Å². The van der Waals surface area contributed by atoms with Crippen LogP contribution in [0.4, 0.5) is 0 Å². The van der Waals surface area contributed by atoms with Crippen molar-refractivity contribution < 1.29 is 0 Å². The molecule has 0 atom stereocenters. The summed E-state index contributed by atoms with van der Waals surface area (Å²) >= 11 is 0. The lowest BCUT2D eigenvalue weighted by Gasteiger charge is -2.02. The van der Waals surface area contributed by atoms with E-state index < -0.39 is 0 Å². The molecule has 226 valence electrons. The average Bonchev–Trinajstić information content (AvgIpc) is 3.90. The highest BCUT2D eigenvalue weighted by atomic mass is 14.8. The Bertz CT molecular complexity index is 2800. The lowest BCUT2D eigenvalue weighted by molar-refractivity contribution is 1.31. The van der Waals surface area contributed by atoms with Crippen molar-refractivity contribution in [1.82, 2.24) is 39.9 Å². The van der Waals surface area contributed by atoms with Gasteiger partial charge in [0.1, 0.15) is 0 Å². The zero-order valence-corrected chi connectivity index (χ0v) is 25.5. The minimum atomic E-state index is 0.853. The summed E-state index contributed by atoms with van der Waals surface area (Å²) in [5.41, 5.74) is 16.6. The topological polar surface area (TPSA) is 115 Å². The third kappa shape index (κ3) is 4.89. The molecule has 0 amide bonds. The highest BCUT2D eigenvalue weighted by molar-refractivity contribution is 5.99. The molecule has 48 heavy (non-hydrogen) atoms. The molecule has 10 rings (SSSR count). The zero-order valence-electron chi connectivity index (χ0n) is 25.5. The first-order chi connectivity index (χ1) is 23.6. The molecule has 16 bridgehead atoms. The second-order valence-corrected chi connectivity index (χ2v) is 12.1. The molecule has 0 unspecified atom stereocenters. The Morgan fingerprint density at radius 3 is 1.25 bits per heavy atom. The number of aromatic amines is 4. The predicted molar refractivity (Wildman–Crippen MR) is 197 cm³/mol. The minimum Gasteiger partial charge on any atom is -0.355 e. The summed E-state index contributed by atoms with van der Waals surface area (Å²) in [7, 11) is 0. The van der Waals surface area contributed by atoms with Crippen LogP contribution in [0.15, 0.2) is 84.9 Å². The molecule has 0 aromatic carbocycles. The monoisotopic (exact) mass is 618 g/mol. The van der Waals surface area contributed by atoms with Crippen LogP contribution in [-0.4, -0.2) is 39.9 Å². The second kappa shape index (κ2) is 10.4. The third-order valence-corrected chi connectivity index (χ3v) is 8.66. The molecule has 0 aliphatic carbocycles. The maximum absolute atomic E-state index is 5.13. The molecule has 6 aromatic rings. The van der Waals surface area contributed by atoms with Crippen molar-refractivity contribution in [2.75, 3.05) is 0 Å². The Morgan fingerprint density at radius 1 is 0.312 bits per heavy atom. The largest absolute Gasteiger partial charge is 0.355 e. The number of fused-ring (bicyclic) bond motifs is 16. The van der Waals surface area contributed by atoms with E-state index in [9.17, 15) is 0 Å². The van der Waals surface area contributed by atoms with Crippen molar-refractivity contribution in [2.24, 2.45) is 0 Å². The summed E-state index contributed by atoms with van der Waals surface area (Å²) in [4.78, 5) is 34.0. The van der Waals surface area contributed by atoms with Crippen LogP contribution in [-0.2, 0) is 0 Å². The Morgan fingerprint density at radius 2 is 0.708 bits per heavy atom. The summed E-state index contributed by atoms with van der Waals surface area (Å²) in [6.45, 7) is 0. The van der Waals surface area contributed by atoms with Gasteiger partial charge in [0.25, 0.3) is 0 Å². The van der Waals surface area contributed by atoms with E-state index in [1.165, 1.54) is 0 Å². The van der Waals surface area contributed by atoms with Crippen molar-refractivity contribution in [1.29, 1.82) is 0 Å². The SMILES string of the molecule is C1=Cc2cc3cc(-c4c5nc(cc6ccc(cc7nc(cc8ccc4[nH]8)C=C7)[nH]6)C=C5)c(cc4nc(cc5ccc(cc1n2)[nH]5)C=C4)[nH]3. The van der Waals surface area contributed by atoms with Crippen molar-refractivity contribution in [2.45, 2.75) is 0 Å². The predicted octanol–water partition coefficient (Wildman–Crippen LogP) is 9.29. The van der Waals surface area contributed by atoms with Gasteiger partial charge in [-0.1, -0.05) is 0 Å². The Labute approximate surface area is 273 Å². The smallest absolute Gasteiger partial charge is 0.0737 e. The van der Waals surface area contributed by atoms with E-state index in [-0.39, 0.29) is 0 Å². The number of hydrogen-bond acceptors (Lipinski definition) is 4. The van der Waals surface area contributed by atoms with E-state index in [1.54, 1.807) is 0 Å². The van der Waals surface area contributed by atoms with E-state index in [1.807, 2.05) is 54.7 Å². The van der Waals surface area contributed by atoms with Crippen molar-refractivity contribution in [3.8, 4) is 11.1 Å². The van der Waals surface area contributed by atoms with Gasteiger partial charge in [-0.05, 0) is 134 Å². The zero-order chi connectivity index (χ0) is 31.6. The second-order valence-electron chi connectivity index (χ2n) is 12.1. The highest BCUT2D eigenvalue weighted by Gasteiger charge is 2.15. The summed E-state index contributed by atoms with van der Waals surface area (Å²) in [5, 5.41) is 0. The van der Waals surface area contributed by atoms with Crippen LogP contribution in [0.5, 0.6) is 0 Å². The molecule has 4 N–H and O–H groups in total. The molecule has 0 saturated carbocycles. The Kier molecular flexibility index (Phi) is 5.71. The Hall–Kier alpha value is -6.80. The van der Waals surface area contributed by atoms with E-state index >= 15 is 0 Å². The standard InChI is InChI=1S/C40H26N8/c1-2-26-17-28-9-10-34(45-28)22-39-36(21-35(48-39)20-31-8-7-27(44-31)16-23(1)41-26)40-37-13-11-32(46-37)18-29-5-3-24(42-29)15-25-4-6-30(43-25)19-33-12-14-38(40)47-33/h1-22,41-42,47-48H. The molecule has 10 heterocycles. The molecule has 0 saturated heterocycles. The highest BCUT2D eigenvalue weighted by Crippen LogP contribution is 2.34. The third-order valence-electron chi connectivity index (χ3n) is 8.66. The van der Waals surface area contributed by atoms with E-state index in [0.717, 1.165) is 101 Å². The van der Waals surface area contributed by atoms with E-state index in [0.29, 0.717) is 0 Å². The average molecular weight is 619 g/mol. The summed E-state index contributed by atoms with van der Waals surface area (Å²) in [5.74, 6) is 0. The lowest BCUT2D eigenvalue weighted by atomic mass is 10.0. The fourth-order valence-corrected chi connectivity index (χ4v) is 6.52. The van der Waals surface area contributed by atoms with Crippen LogP contribution in [0.2, 0.25) is 0 Å². The van der Waals surface area contributed by atoms with Crippen molar-refractivity contribution >= 4 is 92.7 Å². The molecule has 8 heteroatoms. The van der Waals surface area contributed by atoms with Gasteiger partial charge in [0.05, 0.1) is 45.6 Å². The van der Waals surface area contributed by atoms with Crippen molar-refractivity contribution in [3.05, 3.63) is 130 Å². The van der Waals surface area contributed by atoms with Gasteiger partial charge in [0, 0.05) is 55.3 Å². The molecule has 6 aromatic heterocycles. The van der Waals surface area contributed by atoms with E-state index in [4.69, 9.17) is 19.9 Å². The summed E-state index contributed by atoms with van der Waals surface area (Å²) in [6, 6.07) is 29.0. The first-order valence-corrected chi connectivity index (χ1v) is 15.8. The van der Waals surface area contributed by atoms with Gasteiger partial charge in [0.2, 0.25) is 0 Å². The molecule has 0 spiro atoms. The molecule has 4 aliphatic rings. The van der Waals surface area contributed by atoms with Gasteiger partial charge in [0.15, 0.2) is 0 Å². The first kappa shape index (κ1) is 26.4. The number of H-pyrrole nitrogens is 4. The lowest BCUT2D eigenvalue weighted by Crippen LogP contribution is -1.85. The number of hydrogen-bond donors (Lipinski definition) is 4. The number of nitrogens with zero attached hydrogens (tertiary/aromatic N) is 4. The summed E-state index contributed by atoms with van der Waals surface area (Å²) < 4.78 is 0. The molecule has 4 aliphatic heterocycles. The van der Waals surface area contributed by atoms with Crippen LogP contribution in [0.3, 0.4) is 0 Å². The van der Waals surface area contributed by atoms with Gasteiger partial charge >= 0.3 is 0 Å². The quantitative estimate of drug-likeness (QED) is 0.147. The van der Waals surface area contributed by atoms with Crippen LogP contribution in [0.1, 0.15) is 45.6 Å². The van der Waals surface area contributed by atoms with Gasteiger partial charge in [-0.3, -0.25) is 0 Å². The first-order valence-electron chi connectivity index (χ1n) is 15.8. The van der Waals surface area contributed by atoms with Crippen LogP contribution in [0.25, 0.3) is 104 Å². The number of rotatable bonds is 1. The summed E-state index contributed by atoms with van der Waals surface area (Å²) in [6.07, 6.45) is 16.4. The molecule has 0 fully saturated rings. The fraction of sp³-hybridized carbons (Fsp3) is 0. The molecular formula is C40H26N8. The molecule has 8 nitrogen and oxygen atoms in total. The van der Waals surface area contributed by atoms with Gasteiger partial charge in [-0.25, -0.2) is 19.9 Å². The van der Waals surface area contributed by atoms with Gasteiger partial charge < -0.3 is 19.9 Å². The maximum atomic E-state index is 5.13. The number of aromatic nitrogens is 8. The minimum absolute atomic E-state index is 0.853. The molecular weight excluding hydrogens is 592 g/mol.